The lowest BCUT2D eigenvalue weighted by molar-refractivity contribution is 0.383. The highest BCUT2D eigenvalue weighted by Crippen LogP contribution is 2.28. The van der Waals surface area contributed by atoms with Crippen LogP contribution >= 0.6 is 0 Å². The quantitative estimate of drug-likeness (QED) is 0.915. The third kappa shape index (κ3) is 2.76. The third-order valence-electron chi connectivity index (χ3n) is 3.15. The summed E-state index contributed by atoms with van der Waals surface area (Å²) < 4.78 is 19.2. The highest BCUT2D eigenvalue weighted by Gasteiger charge is 2.17. The molecule has 0 aromatic heterocycles. The summed E-state index contributed by atoms with van der Waals surface area (Å²) in [6.45, 7) is 4.01. The van der Waals surface area contributed by atoms with Crippen molar-refractivity contribution in [3.8, 4) is 5.75 Å². The largest absolute Gasteiger partial charge is 0.494 e. The van der Waals surface area contributed by atoms with Gasteiger partial charge < -0.3 is 10.5 Å². The van der Waals surface area contributed by atoms with Crippen molar-refractivity contribution >= 4 is 0 Å². The number of benzene rings is 2. The second-order valence-corrected chi connectivity index (χ2v) is 4.76. The number of ether oxygens (including phenoxy) is 1. The summed E-state index contributed by atoms with van der Waals surface area (Å²) in [5.41, 5.74) is 9.78. The van der Waals surface area contributed by atoms with Gasteiger partial charge in [-0.15, -0.1) is 0 Å². The van der Waals surface area contributed by atoms with E-state index in [1.807, 2.05) is 26.0 Å². The molecule has 0 amide bonds. The molecule has 0 saturated heterocycles. The van der Waals surface area contributed by atoms with Crippen LogP contribution in [0.3, 0.4) is 0 Å². The fraction of sp³-hybridized carbons (Fsp3) is 0.250. The van der Waals surface area contributed by atoms with Crippen LogP contribution in [0, 0.1) is 19.7 Å². The molecule has 2 nitrogen and oxygen atoms in total. The Morgan fingerprint density at radius 2 is 1.74 bits per heavy atom. The van der Waals surface area contributed by atoms with Gasteiger partial charge in [0, 0.05) is 5.56 Å². The van der Waals surface area contributed by atoms with Crippen LogP contribution in [-0.2, 0) is 0 Å². The molecule has 1 unspecified atom stereocenters. The van der Waals surface area contributed by atoms with Gasteiger partial charge in [-0.2, -0.15) is 0 Å². The summed E-state index contributed by atoms with van der Waals surface area (Å²) in [6.07, 6.45) is 0. The van der Waals surface area contributed by atoms with E-state index >= 15 is 0 Å². The van der Waals surface area contributed by atoms with Crippen molar-refractivity contribution in [2.45, 2.75) is 19.9 Å². The highest BCUT2D eigenvalue weighted by atomic mass is 19.1. The summed E-state index contributed by atoms with van der Waals surface area (Å²) in [4.78, 5) is 0. The maximum absolute atomic E-state index is 14.2. The Balaban J connectivity index is 2.46. The average Bonchev–Trinajstić information content (AvgIpc) is 2.37. The number of hydrogen-bond donors (Lipinski definition) is 1. The van der Waals surface area contributed by atoms with Crippen molar-refractivity contribution in [3.05, 3.63) is 64.5 Å². The zero-order chi connectivity index (χ0) is 14.0. The lowest BCUT2D eigenvalue weighted by Gasteiger charge is -2.16. The van der Waals surface area contributed by atoms with Gasteiger partial charge in [0.2, 0.25) is 0 Å². The smallest absolute Gasteiger partial charge is 0.170 e. The monoisotopic (exact) mass is 259 g/mol. The van der Waals surface area contributed by atoms with Gasteiger partial charge in [0.1, 0.15) is 0 Å². The predicted octanol–water partition coefficient (Wildman–Crippen LogP) is 3.50. The predicted molar refractivity (Wildman–Crippen MR) is 74.9 cm³/mol. The molecule has 0 aliphatic carbocycles. The van der Waals surface area contributed by atoms with Crippen molar-refractivity contribution in [2.75, 3.05) is 7.11 Å². The van der Waals surface area contributed by atoms with Gasteiger partial charge in [0.25, 0.3) is 0 Å². The molecule has 2 aromatic rings. The van der Waals surface area contributed by atoms with Gasteiger partial charge in [0.15, 0.2) is 11.6 Å². The topological polar surface area (TPSA) is 35.2 Å². The van der Waals surface area contributed by atoms with Crippen LogP contribution in [-0.4, -0.2) is 7.11 Å². The van der Waals surface area contributed by atoms with E-state index in [-0.39, 0.29) is 5.75 Å². The molecule has 0 spiro atoms. The Labute approximate surface area is 113 Å². The Kier molecular flexibility index (Phi) is 3.86. The van der Waals surface area contributed by atoms with E-state index in [9.17, 15) is 4.39 Å². The molecule has 1 atom stereocenters. The van der Waals surface area contributed by atoms with Crippen molar-refractivity contribution < 1.29 is 9.13 Å². The first-order valence-electron chi connectivity index (χ1n) is 6.19. The first kappa shape index (κ1) is 13.6. The SMILES string of the molecule is COc1cccc(C(N)c2cc(C)cc(C)c2)c1F. The number of hydrogen-bond acceptors (Lipinski definition) is 2. The van der Waals surface area contributed by atoms with Crippen LogP contribution in [0.1, 0.15) is 28.3 Å². The maximum atomic E-state index is 14.2. The molecule has 2 N–H and O–H groups in total. The minimum atomic E-state index is -0.492. The zero-order valence-electron chi connectivity index (χ0n) is 11.4. The van der Waals surface area contributed by atoms with Gasteiger partial charge in [-0.3, -0.25) is 0 Å². The first-order chi connectivity index (χ1) is 9.02. The van der Waals surface area contributed by atoms with Crippen molar-refractivity contribution in [2.24, 2.45) is 5.73 Å². The van der Waals surface area contributed by atoms with Crippen LogP contribution in [0.5, 0.6) is 5.75 Å². The molecule has 0 radical (unpaired) electrons. The first-order valence-corrected chi connectivity index (χ1v) is 6.19. The fourth-order valence-corrected chi connectivity index (χ4v) is 2.29. The Morgan fingerprint density at radius 3 is 2.32 bits per heavy atom. The van der Waals surface area contributed by atoms with E-state index in [0.29, 0.717) is 5.56 Å². The van der Waals surface area contributed by atoms with Crippen LogP contribution in [0.2, 0.25) is 0 Å². The Hall–Kier alpha value is -1.87. The van der Waals surface area contributed by atoms with Crippen molar-refractivity contribution in [1.29, 1.82) is 0 Å². The third-order valence-corrected chi connectivity index (χ3v) is 3.15. The van der Waals surface area contributed by atoms with Gasteiger partial charge in [-0.25, -0.2) is 4.39 Å². The van der Waals surface area contributed by atoms with Crippen LogP contribution in [0.15, 0.2) is 36.4 Å². The van der Waals surface area contributed by atoms with E-state index in [4.69, 9.17) is 10.5 Å². The minimum Gasteiger partial charge on any atom is -0.494 e. The second-order valence-electron chi connectivity index (χ2n) is 4.76. The van der Waals surface area contributed by atoms with Crippen molar-refractivity contribution in [1.82, 2.24) is 0 Å². The van der Waals surface area contributed by atoms with E-state index in [1.165, 1.54) is 7.11 Å². The molecule has 0 aliphatic rings. The lowest BCUT2D eigenvalue weighted by Crippen LogP contribution is -2.14. The van der Waals surface area contributed by atoms with Gasteiger partial charge in [0.05, 0.1) is 13.2 Å². The molecule has 0 saturated carbocycles. The van der Waals surface area contributed by atoms with Crippen LogP contribution < -0.4 is 10.5 Å². The molecule has 3 heteroatoms. The number of aryl methyl sites for hydroxylation is 2. The van der Waals surface area contributed by atoms with E-state index in [2.05, 4.69) is 6.07 Å². The summed E-state index contributed by atoms with van der Waals surface area (Å²) in [6, 6.07) is 10.6. The van der Waals surface area contributed by atoms with Gasteiger partial charge in [-0.1, -0.05) is 41.5 Å². The molecular weight excluding hydrogens is 241 g/mol. The van der Waals surface area contributed by atoms with Crippen molar-refractivity contribution in [3.63, 3.8) is 0 Å². The molecule has 0 heterocycles. The number of methoxy groups -OCH3 is 1. The molecule has 19 heavy (non-hydrogen) atoms. The molecule has 0 bridgehead atoms. The summed E-state index contributed by atoms with van der Waals surface area (Å²) >= 11 is 0. The van der Waals surface area contributed by atoms with Gasteiger partial charge >= 0.3 is 0 Å². The Bertz CT molecular complexity index is 575. The van der Waals surface area contributed by atoms with Crippen LogP contribution in [0.25, 0.3) is 0 Å². The zero-order valence-corrected chi connectivity index (χ0v) is 11.4. The Morgan fingerprint density at radius 1 is 1.11 bits per heavy atom. The summed E-state index contributed by atoms with van der Waals surface area (Å²) in [5, 5.41) is 0. The van der Waals surface area contributed by atoms with E-state index in [1.54, 1.807) is 18.2 Å². The number of halogens is 1. The fourth-order valence-electron chi connectivity index (χ4n) is 2.29. The maximum Gasteiger partial charge on any atom is 0.170 e. The normalized spacial score (nSPS) is 12.3. The molecule has 2 aromatic carbocycles. The standard InChI is InChI=1S/C16H18FNO/c1-10-7-11(2)9-12(8-10)16(18)13-5-4-6-14(19-3)15(13)17/h4-9,16H,18H2,1-3H3. The molecule has 2 rings (SSSR count). The summed E-state index contributed by atoms with van der Waals surface area (Å²) in [7, 11) is 1.45. The second kappa shape index (κ2) is 5.41. The molecule has 0 aliphatic heterocycles. The lowest BCUT2D eigenvalue weighted by atomic mass is 9.96. The minimum absolute atomic E-state index is 0.220. The highest BCUT2D eigenvalue weighted by molar-refractivity contribution is 5.40. The summed E-state index contributed by atoms with van der Waals surface area (Å²) in [5.74, 6) is -0.172. The number of rotatable bonds is 3. The van der Waals surface area contributed by atoms with Gasteiger partial charge in [-0.05, 0) is 25.5 Å². The van der Waals surface area contributed by atoms with E-state index < -0.39 is 11.9 Å². The molecular formula is C16H18FNO. The average molecular weight is 259 g/mol. The number of nitrogens with two attached hydrogens (primary N) is 1. The van der Waals surface area contributed by atoms with Crippen LogP contribution in [0.4, 0.5) is 4.39 Å². The molecule has 100 valence electrons. The van der Waals surface area contributed by atoms with E-state index in [0.717, 1.165) is 16.7 Å². The molecule has 0 fully saturated rings.